The van der Waals surface area contributed by atoms with Crippen molar-refractivity contribution in [2.24, 2.45) is 5.14 Å². The molecule has 1 amide bonds. The van der Waals surface area contributed by atoms with E-state index in [1.807, 2.05) is 24.3 Å². The minimum Gasteiger partial charge on any atom is -0.348 e. The monoisotopic (exact) mass is 357 g/mol. The smallest absolute Gasteiger partial charge is 0.251 e. The van der Waals surface area contributed by atoms with Crippen molar-refractivity contribution in [2.45, 2.75) is 11.4 Å². The number of sulfonamides is 1. The molecule has 8 nitrogen and oxygen atoms in total. The van der Waals surface area contributed by atoms with Gasteiger partial charge in [0.1, 0.15) is 12.7 Å². The summed E-state index contributed by atoms with van der Waals surface area (Å²) in [6.45, 7) is 0.284. The van der Waals surface area contributed by atoms with Crippen LogP contribution in [0.5, 0.6) is 0 Å². The van der Waals surface area contributed by atoms with Crippen molar-refractivity contribution in [3.05, 3.63) is 72.3 Å². The average Bonchev–Trinajstić information content (AvgIpc) is 3.14. The largest absolute Gasteiger partial charge is 0.348 e. The van der Waals surface area contributed by atoms with Crippen molar-refractivity contribution in [3.63, 3.8) is 0 Å². The Labute approximate surface area is 144 Å². The first-order chi connectivity index (χ1) is 11.9. The highest BCUT2D eigenvalue weighted by atomic mass is 32.2. The topological polar surface area (TPSA) is 120 Å². The van der Waals surface area contributed by atoms with Crippen LogP contribution in [0.15, 0.2) is 66.1 Å². The van der Waals surface area contributed by atoms with Crippen molar-refractivity contribution < 1.29 is 13.2 Å². The van der Waals surface area contributed by atoms with Gasteiger partial charge in [-0.3, -0.25) is 4.79 Å². The third-order valence-corrected chi connectivity index (χ3v) is 4.47. The first kappa shape index (κ1) is 16.8. The van der Waals surface area contributed by atoms with E-state index in [4.69, 9.17) is 5.14 Å². The molecule has 9 heteroatoms. The van der Waals surface area contributed by atoms with E-state index < -0.39 is 10.0 Å². The number of para-hydroxylation sites is 1. The van der Waals surface area contributed by atoms with Crippen molar-refractivity contribution in [1.29, 1.82) is 0 Å². The van der Waals surface area contributed by atoms with Gasteiger partial charge in [-0.2, -0.15) is 5.10 Å². The Morgan fingerprint density at radius 1 is 1.12 bits per heavy atom. The Morgan fingerprint density at radius 2 is 1.84 bits per heavy atom. The number of nitrogens with zero attached hydrogens (tertiary/aromatic N) is 3. The quantitative estimate of drug-likeness (QED) is 0.701. The number of aromatic nitrogens is 3. The fourth-order valence-electron chi connectivity index (χ4n) is 2.29. The van der Waals surface area contributed by atoms with Gasteiger partial charge in [0.25, 0.3) is 5.91 Å². The fourth-order valence-corrected chi connectivity index (χ4v) is 2.81. The van der Waals surface area contributed by atoms with E-state index in [2.05, 4.69) is 15.4 Å². The summed E-state index contributed by atoms with van der Waals surface area (Å²) in [5.41, 5.74) is 2.01. The second-order valence-corrected chi connectivity index (χ2v) is 6.78. The Bertz CT molecular complexity index is 983. The minimum absolute atomic E-state index is 0.0411. The molecule has 0 radical (unpaired) electrons. The molecule has 0 unspecified atom stereocenters. The lowest BCUT2D eigenvalue weighted by atomic mass is 10.1. The zero-order valence-electron chi connectivity index (χ0n) is 13.0. The van der Waals surface area contributed by atoms with E-state index >= 15 is 0 Å². The van der Waals surface area contributed by atoms with Crippen LogP contribution in [0.25, 0.3) is 5.69 Å². The molecule has 3 aromatic rings. The van der Waals surface area contributed by atoms with Gasteiger partial charge in [-0.05, 0) is 35.9 Å². The number of carbonyl (C=O) groups is 1. The van der Waals surface area contributed by atoms with Crippen molar-refractivity contribution >= 4 is 15.9 Å². The minimum atomic E-state index is -3.78. The zero-order valence-corrected chi connectivity index (χ0v) is 13.8. The summed E-state index contributed by atoms with van der Waals surface area (Å²) in [5, 5.41) is 11.9. The van der Waals surface area contributed by atoms with Gasteiger partial charge in [0.2, 0.25) is 10.0 Å². The van der Waals surface area contributed by atoms with E-state index in [0.717, 1.165) is 11.3 Å². The maximum atomic E-state index is 12.3. The van der Waals surface area contributed by atoms with E-state index in [1.54, 1.807) is 11.0 Å². The molecule has 0 aliphatic carbocycles. The average molecular weight is 357 g/mol. The first-order valence-corrected chi connectivity index (χ1v) is 8.84. The van der Waals surface area contributed by atoms with Crippen molar-refractivity contribution in [3.8, 4) is 5.69 Å². The molecule has 1 heterocycles. The lowest BCUT2D eigenvalue weighted by Crippen LogP contribution is -2.23. The Kier molecular flexibility index (Phi) is 4.59. The van der Waals surface area contributed by atoms with Crippen LogP contribution < -0.4 is 10.5 Å². The summed E-state index contributed by atoms with van der Waals surface area (Å²) in [5.74, 6) is -0.325. The number of nitrogens with one attached hydrogen (secondary N) is 1. The molecular weight excluding hydrogens is 342 g/mol. The summed E-state index contributed by atoms with van der Waals surface area (Å²) < 4.78 is 24.1. The second-order valence-electron chi connectivity index (χ2n) is 5.22. The van der Waals surface area contributed by atoms with Crippen LogP contribution in [0.2, 0.25) is 0 Å². The molecule has 0 saturated carbocycles. The molecule has 0 aliphatic rings. The lowest BCUT2D eigenvalue weighted by molar-refractivity contribution is 0.0951. The van der Waals surface area contributed by atoms with Gasteiger partial charge < -0.3 is 5.32 Å². The van der Waals surface area contributed by atoms with E-state index in [0.29, 0.717) is 5.56 Å². The third-order valence-electron chi connectivity index (χ3n) is 3.54. The van der Waals surface area contributed by atoms with Gasteiger partial charge >= 0.3 is 0 Å². The molecule has 0 bridgehead atoms. The number of benzene rings is 2. The highest BCUT2D eigenvalue weighted by Crippen LogP contribution is 2.13. The molecule has 3 N–H and O–H groups in total. The van der Waals surface area contributed by atoms with Crippen molar-refractivity contribution in [2.75, 3.05) is 0 Å². The Hall–Kier alpha value is -3.04. The number of nitrogens with two attached hydrogens (primary N) is 1. The van der Waals surface area contributed by atoms with Crippen molar-refractivity contribution in [1.82, 2.24) is 20.1 Å². The summed E-state index contributed by atoms with van der Waals surface area (Å²) in [6.07, 6.45) is 3.01. The normalized spacial score (nSPS) is 11.2. The summed E-state index contributed by atoms with van der Waals surface area (Å²) >= 11 is 0. The standard InChI is InChI=1S/C16H15N5O3S/c17-25(23,24)14-7-5-12(6-8-14)16(22)19-9-13-3-1-2-4-15(13)21-11-18-10-20-21/h1-8,10-11H,9H2,(H,19,22)(H2,17,23,24). The summed E-state index contributed by atoms with van der Waals surface area (Å²) in [6, 6.07) is 12.9. The maximum absolute atomic E-state index is 12.3. The molecule has 0 fully saturated rings. The highest BCUT2D eigenvalue weighted by molar-refractivity contribution is 7.89. The summed E-state index contributed by atoms with van der Waals surface area (Å²) in [7, 11) is -3.78. The molecule has 1 aromatic heterocycles. The number of hydrogen-bond acceptors (Lipinski definition) is 5. The van der Waals surface area contributed by atoms with E-state index in [9.17, 15) is 13.2 Å². The van der Waals surface area contributed by atoms with Crippen LogP contribution in [-0.2, 0) is 16.6 Å². The maximum Gasteiger partial charge on any atom is 0.251 e. The van der Waals surface area contributed by atoms with E-state index in [1.165, 1.54) is 30.6 Å². The van der Waals surface area contributed by atoms with Gasteiger partial charge in [-0.1, -0.05) is 18.2 Å². The predicted octanol–water partition coefficient (Wildman–Crippen LogP) is 0.845. The third kappa shape index (κ3) is 3.90. The van der Waals surface area contributed by atoms with Gasteiger partial charge in [0, 0.05) is 12.1 Å². The predicted molar refractivity (Wildman–Crippen MR) is 90.3 cm³/mol. The number of hydrogen-bond donors (Lipinski definition) is 2. The van der Waals surface area contributed by atoms with Gasteiger partial charge in [-0.25, -0.2) is 23.2 Å². The van der Waals surface area contributed by atoms with Crippen LogP contribution in [0, 0.1) is 0 Å². The molecule has 25 heavy (non-hydrogen) atoms. The molecule has 0 atom stereocenters. The Morgan fingerprint density at radius 3 is 2.48 bits per heavy atom. The molecule has 3 rings (SSSR count). The SMILES string of the molecule is NS(=O)(=O)c1ccc(C(=O)NCc2ccccc2-n2cncn2)cc1. The van der Waals surface area contributed by atoms with Crippen LogP contribution in [0.1, 0.15) is 15.9 Å². The number of rotatable bonds is 5. The number of carbonyl (C=O) groups excluding carboxylic acids is 1. The van der Waals surface area contributed by atoms with Crippen LogP contribution >= 0.6 is 0 Å². The molecular formula is C16H15N5O3S. The van der Waals surface area contributed by atoms with Gasteiger partial charge in [0.15, 0.2) is 0 Å². The molecule has 128 valence electrons. The van der Waals surface area contributed by atoms with Crippen LogP contribution in [0.3, 0.4) is 0 Å². The first-order valence-electron chi connectivity index (χ1n) is 7.29. The van der Waals surface area contributed by atoms with Gasteiger partial charge in [-0.15, -0.1) is 0 Å². The lowest BCUT2D eigenvalue weighted by Gasteiger charge is -2.10. The second kappa shape index (κ2) is 6.83. The molecule has 0 saturated heterocycles. The zero-order chi connectivity index (χ0) is 17.9. The number of primary sulfonamides is 1. The van der Waals surface area contributed by atoms with Crippen LogP contribution in [0.4, 0.5) is 0 Å². The number of amides is 1. The highest BCUT2D eigenvalue weighted by Gasteiger charge is 2.11. The fraction of sp³-hybridized carbons (Fsp3) is 0.0625. The Balaban J connectivity index is 1.73. The van der Waals surface area contributed by atoms with E-state index in [-0.39, 0.29) is 17.3 Å². The van der Waals surface area contributed by atoms with Gasteiger partial charge in [0.05, 0.1) is 10.6 Å². The summed E-state index contributed by atoms with van der Waals surface area (Å²) in [4.78, 5) is 16.1. The molecule has 2 aromatic carbocycles. The molecule has 0 spiro atoms. The van der Waals surface area contributed by atoms with Crippen LogP contribution in [-0.4, -0.2) is 29.1 Å². The molecule has 0 aliphatic heterocycles.